The zero-order valence-corrected chi connectivity index (χ0v) is 20.2. The summed E-state index contributed by atoms with van der Waals surface area (Å²) in [6.07, 6.45) is 2.93. The molecule has 6 heteroatoms. The average Bonchev–Trinajstić information content (AvgIpc) is 2.85. The average molecular weight is 505 g/mol. The number of aromatic hydroxyl groups is 1. The van der Waals surface area contributed by atoms with Gasteiger partial charge >= 0.3 is 0 Å². The van der Waals surface area contributed by atoms with E-state index >= 15 is 0 Å². The molecular weight excluding hydrogens is 483 g/mol. The molecule has 0 spiro atoms. The molecule has 0 saturated carbocycles. The Morgan fingerprint density at radius 2 is 1.34 bits per heavy atom. The molecule has 0 saturated heterocycles. The summed E-state index contributed by atoms with van der Waals surface area (Å²) < 4.78 is 11.8. The maximum atomic E-state index is 13.1. The van der Waals surface area contributed by atoms with Gasteiger partial charge in [-0.15, -0.1) is 0 Å². The minimum absolute atomic E-state index is 0.0392. The Balaban J connectivity index is 1.61. The SMILES string of the molecule is O=C(C=Cc1cc(Cl)cc(Cl)c1)c1c(O)cc(OCc2ccccc2)cc1OCc1ccccc1. The summed E-state index contributed by atoms with van der Waals surface area (Å²) in [6, 6.07) is 27.2. The van der Waals surface area contributed by atoms with Gasteiger partial charge in [-0.05, 0) is 41.0 Å². The second kappa shape index (κ2) is 11.6. The first kappa shape index (κ1) is 24.4. The minimum Gasteiger partial charge on any atom is -0.507 e. The molecule has 0 aliphatic carbocycles. The van der Waals surface area contributed by atoms with Gasteiger partial charge in [-0.25, -0.2) is 0 Å². The van der Waals surface area contributed by atoms with Crippen molar-refractivity contribution >= 4 is 35.1 Å². The van der Waals surface area contributed by atoms with Gasteiger partial charge in [0, 0.05) is 22.2 Å². The van der Waals surface area contributed by atoms with Gasteiger partial charge in [0.25, 0.3) is 0 Å². The highest BCUT2D eigenvalue weighted by molar-refractivity contribution is 6.34. The fourth-order valence-corrected chi connectivity index (χ4v) is 3.97. The fourth-order valence-electron chi connectivity index (χ4n) is 3.42. The first-order chi connectivity index (χ1) is 17.0. The maximum absolute atomic E-state index is 13.1. The number of allylic oxidation sites excluding steroid dienone is 1. The lowest BCUT2D eigenvalue weighted by molar-refractivity contribution is 0.104. The van der Waals surface area contributed by atoms with Crippen LogP contribution in [0.1, 0.15) is 27.0 Å². The van der Waals surface area contributed by atoms with Crippen molar-refractivity contribution in [3.8, 4) is 17.2 Å². The van der Waals surface area contributed by atoms with E-state index in [0.717, 1.165) is 11.1 Å². The third kappa shape index (κ3) is 6.89. The number of phenolic OH excluding ortho intramolecular Hbond substituents is 1. The Morgan fingerprint density at radius 3 is 1.94 bits per heavy atom. The number of hydrogen-bond acceptors (Lipinski definition) is 4. The number of carbonyl (C=O) groups excluding carboxylic acids is 1. The van der Waals surface area contributed by atoms with Crippen molar-refractivity contribution < 1.29 is 19.4 Å². The molecule has 0 radical (unpaired) electrons. The quantitative estimate of drug-likeness (QED) is 0.187. The highest BCUT2D eigenvalue weighted by Crippen LogP contribution is 2.35. The summed E-state index contributed by atoms with van der Waals surface area (Å²) in [4.78, 5) is 13.1. The Labute approximate surface area is 214 Å². The molecule has 4 aromatic carbocycles. The molecule has 0 bridgehead atoms. The largest absolute Gasteiger partial charge is 0.507 e. The monoisotopic (exact) mass is 504 g/mol. The van der Waals surface area contributed by atoms with E-state index in [9.17, 15) is 9.90 Å². The standard InChI is InChI=1S/C29H22Cl2O4/c30-23-13-22(14-24(31)15-23)11-12-26(32)29-27(33)16-25(34-18-20-7-3-1-4-8-20)17-28(29)35-19-21-9-5-2-6-10-21/h1-17,33H,18-19H2. The van der Waals surface area contributed by atoms with Crippen molar-refractivity contribution in [1.29, 1.82) is 0 Å². The van der Waals surface area contributed by atoms with Crippen LogP contribution >= 0.6 is 23.2 Å². The molecule has 4 nitrogen and oxygen atoms in total. The molecule has 0 aromatic heterocycles. The summed E-state index contributed by atoms with van der Waals surface area (Å²) in [6.45, 7) is 0.525. The number of halogens is 2. The summed E-state index contributed by atoms with van der Waals surface area (Å²) >= 11 is 12.1. The van der Waals surface area contributed by atoms with Gasteiger partial charge in [-0.1, -0.05) is 89.9 Å². The zero-order valence-electron chi connectivity index (χ0n) is 18.7. The van der Waals surface area contributed by atoms with E-state index < -0.39 is 5.78 Å². The number of carbonyl (C=O) groups is 1. The Bertz CT molecular complexity index is 1320. The molecular formula is C29H22Cl2O4. The van der Waals surface area contributed by atoms with Crippen molar-refractivity contribution in [1.82, 2.24) is 0 Å². The number of rotatable bonds is 9. The second-order valence-electron chi connectivity index (χ2n) is 7.76. The van der Waals surface area contributed by atoms with Crippen LogP contribution in [0.15, 0.2) is 97.1 Å². The molecule has 0 unspecified atom stereocenters. The van der Waals surface area contributed by atoms with E-state index in [1.54, 1.807) is 30.3 Å². The molecule has 0 aliphatic heterocycles. The van der Waals surface area contributed by atoms with Gasteiger partial charge in [-0.3, -0.25) is 4.79 Å². The lowest BCUT2D eigenvalue weighted by Crippen LogP contribution is -2.04. The Morgan fingerprint density at radius 1 is 0.771 bits per heavy atom. The molecule has 0 aliphatic rings. The highest BCUT2D eigenvalue weighted by Gasteiger charge is 2.19. The van der Waals surface area contributed by atoms with Crippen molar-refractivity contribution in [3.63, 3.8) is 0 Å². The highest BCUT2D eigenvalue weighted by atomic mass is 35.5. The van der Waals surface area contributed by atoms with Gasteiger partial charge in [-0.2, -0.15) is 0 Å². The number of hydrogen-bond donors (Lipinski definition) is 1. The van der Waals surface area contributed by atoms with Crippen molar-refractivity contribution in [2.75, 3.05) is 0 Å². The van der Waals surface area contributed by atoms with Crippen LogP contribution in [0.5, 0.6) is 17.2 Å². The van der Waals surface area contributed by atoms with Crippen LogP contribution in [0.2, 0.25) is 10.0 Å². The lowest BCUT2D eigenvalue weighted by Gasteiger charge is -2.14. The zero-order chi connectivity index (χ0) is 24.6. The minimum atomic E-state index is -0.434. The van der Waals surface area contributed by atoms with E-state index in [-0.39, 0.29) is 23.7 Å². The number of benzene rings is 4. The number of phenols is 1. The third-order valence-electron chi connectivity index (χ3n) is 5.10. The van der Waals surface area contributed by atoms with E-state index in [0.29, 0.717) is 28.0 Å². The van der Waals surface area contributed by atoms with E-state index in [4.69, 9.17) is 32.7 Å². The molecule has 176 valence electrons. The summed E-state index contributed by atoms with van der Waals surface area (Å²) in [5.74, 6) is -0.0686. The molecule has 35 heavy (non-hydrogen) atoms. The Kier molecular flexibility index (Phi) is 8.09. The van der Waals surface area contributed by atoms with Gasteiger partial charge < -0.3 is 14.6 Å². The van der Waals surface area contributed by atoms with Gasteiger partial charge in [0.15, 0.2) is 5.78 Å². The molecule has 4 aromatic rings. The van der Waals surface area contributed by atoms with E-state index in [1.165, 1.54) is 12.1 Å². The van der Waals surface area contributed by atoms with E-state index in [1.807, 2.05) is 60.7 Å². The first-order valence-corrected chi connectivity index (χ1v) is 11.6. The number of ketones is 1. The van der Waals surface area contributed by atoms with Gasteiger partial charge in [0.05, 0.1) is 0 Å². The van der Waals surface area contributed by atoms with Crippen LogP contribution in [0, 0.1) is 0 Å². The first-order valence-electron chi connectivity index (χ1n) is 10.9. The van der Waals surface area contributed by atoms with Crippen molar-refractivity contribution in [2.45, 2.75) is 13.2 Å². The topological polar surface area (TPSA) is 55.8 Å². The Hall–Kier alpha value is -3.73. The summed E-state index contributed by atoms with van der Waals surface area (Å²) in [5.41, 5.74) is 2.59. The predicted molar refractivity (Wildman–Crippen MR) is 139 cm³/mol. The van der Waals surface area contributed by atoms with Crippen LogP contribution in [-0.4, -0.2) is 10.9 Å². The summed E-state index contributed by atoms with van der Waals surface area (Å²) in [5, 5.41) is 11.7. The van der Waals surface area contributed by atoms with Crippen LogP contribution in [-0.2, 0) is 13.2 Å². The van der Waals surface area contributed by atoms with Crippen LogP contribution < -0.4 is 9.47 Å². The van der Waals surface area contributed by atoms with Gasteiger partial charge in [0.1, 0.15) is 36.0 Å². The van der Waals surface area contributed by atoms with Crippen molar-refractivity contribution in [3.05, 3.63) is 129 Å². The summed E-state index contributed by atoms with van der Waals surface area (Å²) in [7, 11) is 0. The molecule has 0 heterocycles. The molecule has 0 atom stereocenters. The number of ether oxygens (including phenoxy) is 2. The normalized spacial score (nSPS) is 10.9. The molecule has 0 fully saturated rings. The second-order valence-corrected chi connectivity index (χ2v) is 8.64. The predicted octanol–water partition coefficient (Wildman–Crippen LogP) is 7.75. The van der Waals surface area contributed by atoms with Gasteiger partial charge in [0.2, 0.25) is 0 Å². The van der Waals surface area contributed by atoms with Crippen LogP contribution in [0.4, 0.5) is 0 Å². The molecule has 1 N–H and O–H groups in total. The maximum Gasteiger partial charge on any atom is 0.193 e. The molecule has 4 rings (SSSR count). The molecule has 0 amide bonds. The van der Waals surface area contributed by atoms with E-state index in [2.05, 4.69) is 0 Å². The third-order valence-corrected chi connectivity index (χ3v) is 5.54. The lowest BCUT2D eigenvalue weighted by atomic mass is 10.1. The van der Waals surface area contributed by atoms with Crippen LogP contribution in [0.3, 0.4) is 0 Å². The van der Waals surface area contributed by atoms with Crippen molar-refractivity contribution in [2.24, 2.45) is 0 Å². The smallest absolute Gasteiger partial charge is 0.193 e. The van der Waals surface area contributed by atoms with Crippen LogP contribution in [0.25, 0.3) is 6.08 Å². The fraction of sp³-hybridized carbons (Fsp3) is 0.0690.